The fourth-order valence-corrected chi connectivity index (χ4v) is 9.57. The van der Waals surface area contributed by atoms with E-state index in [2.05, 4.69) is 31.3 Å². The van der Waals surface area contributed by atoms with Gasteiger partial charge in [0, 0.05) is 39.8 Å². The Labute approximate surface area is 217 Å². The van der Waals surface area contributed by atoms with E-state index in [1.807, 2.05) is 0 Å². The molecule has 7 rings (SSSR count). The van der Waals surface area contributed by atoms with Gasteiger partial charge in [0.2, 0.25) is 15.9 Å². The van der Waals surface area contributed by atoms with Gasteiger partial charge in [0.05, 0.1) is 15.8 Å². The molecule has 36 heavy (non-hydrogen) atoms. The van der Waals surface area contributed by atoms with Crippen LogP contribution in [-0.4, -0.2) is 51.4 Å². The van der Waals surface area contributed by atoms with E-state index >= 15 is 0 Å². The quantitative estimate of drug-likeness (QED) is 0.407. The van der Waals surface area contributed by atoms with E-state index in [4.69, 9.17) is 0 Å². The average molecular weight is 579 g/mol. The van der Waals surface area contributed by atoms with Crippen LogP contribution in [0.15, 0.2) is 33.9 Å². The topological polar surface area (TPSA) is 140 Å². The first-order valence-electron chi connectivity index (χ1n) is 12.3. The first-order chi connectivity index (χ1) is 17.1. The van der Waals surface area contributed by atoms with Gasteiger partial charge in [-0.05, 0) is 97.4 Å². The Balaban J connectivity index is 1.25. The first kappa shape index (κ1) is 24.0. The van der Waals surface area contributed by atoms with Gasteiger partial charge in [-0.25, -0.2) is 8.42 Å². The molecule has 0 spiro atoms. The Bertz CT molecular complexity index is 1320. The van der Waals surface area contributed by atoms with Gasteiger partial charge >= 0.3 is 5.95 Å². The Morgan fingerprint density at radius 3 is 2.33 bits per heavy atom. The lowest BCUT2D eigenvalue weighted by molar-refractivity contribution is -0.394. The lowest BCUT2D eigenvalue weighted by Gasteiger charge is -2.60. The van der Waals surface area contributed by atoms with Gasteiger partial charge in [0.1, 0.15) is 0 Å². The summed E-state index contributed by atoms with van der Waals surface area (Å²) in [6.45, 7) is 1.08. The third kappa shape index (κ3) is 3.77. The zero-order chi connectivity index (χ0) is 25.3. The third-order valence-corrected chi connectivity index (χ3v) is 10.9. The largest absolute Gasteiger partial charge is 0.492 e. The third-order valence-electron chi connectivity index (χ3n) is 8.50. The number of aromatic nitrogens is 3. The molecule has 1 aliphatic heterocycles. The molecular formula is C23H27BrN6O5S. The SMILES string of the molecule is O=C(Nc1ccc(S(=O)(=O)N2CCCC2)cc1)C12C[C@H]3C[C@@H](C1)CC(n1nc([N+](=O)[O-])nc1Br)(C3)C2. The van der Waals surface area contributed by atoms with Crippen LogP contribution in [0.1, 0.15) is 51.4 Å². The van der Waals surface area contributed by atoms with Crippen molar-refractivity contribution < 1.29 is 18.1 Å². The number of sulfonamides is 1. The number of carbonyl (C=O) groups excluding carboxylic acids is 1. The van der Waals surface area contributed by atoms with Crippen molar-refractivity contribution in [3.63, 3.8) is 0 Å². The highest BCUT2D eigenvalue weighted by atomic mass is 79.9. The molecular weight excluding hydrogens is 552 g/mol. The lowest BCUT2D eigenvalue weighted by Crippen LogP contribution is -2.60. The van der Waals surface area contributed by atoms with Crippen molar-refractivity contribution in [3.8, 4) is 0 Å². The smallest absolute Gasteiger partial charge is 0.390 e. The van der Waals surface area contributed by atoms with Gasteiger partial charge in [0.25, 0.3) is 4.73 Å². The second-order valence-electron chi connectivity index (χ2n) is 10.9. The Hall–Kier alpha value is -2.38. The van der Waals surface area contributed by atoms with Crippen molar-refractivity contribution in [2.75, 3.05) is 18.4 Å². The van der Waals surface area contributed by atoms with E-state index in [1.165, 1.54) is 4.31 Å². The van der Waals surface area contributed by atoms with Crippen LogP contribution in [0.4, 0.5) is 11.6 Å². The van der Waals surface area contributed by atoms with Gasteiger partial charge < -0.3 is 15.4 Å². The summed E-state index contributed by atoms with van der Waals surface area (Å²) in [5.41, 5.74) is -0.539. The summed E-state index contributed by atoms with van der Waals surface area (Å²) in [4.78, 5) is 28.6. The number of halogens is 1. The lowest BCUT2D eigenvalue weighted by atomic mass is 9.46. The fraction of sp³-hybridized carbons (Fsp3) is 0.609. The summed E-state index contributed by atoms with van der Waals surface area (Å²) in [6, 6.07) is 6.40. The average Bonchev–Trinajstić information content (AvgIpc) is 3.49. The molecule has 1 saturated heterocycles. The van der Waals surface area contributed by atoms with E-state index in [9.17, 15) is 23.3 Å². The highest BCUT2D eigenvalue weighted by Gasteiger charge is 2.63. The summed E-state index contributed by atoms with van der Waals surface area (Å²) in [5.74, 6) is 0.141. The predicted molar refractivity (Wildman–Crippen MR) is 133 cm³/mol. The number of hydrogen-bond donors (Lipinski definition) is 1. The molecule has 2 heterocycles. The molecule has 192 valence electrons. The van der Waals surface area contributed by atoms with Crippen molar-refractivity contribution in [3.05, 3.63) is 39.1 Å². The molecule has 2 unspecified atom stereocenters. The Kier molecular flexibility index (Phi) is 5.54. The normalized spacial score (nSPS) is 31.6. The van der Waals surface area contributed by atoms with E-state index in [0.29, 0.717) is 41.8 Å². The molecule has 5 fully saturated rings. The van der Waals surface area contributed by atoms with E-state index in [1.54, 1.807) is 28.9 Å². The molecule has 1 aromatic heterocycles. The van der Waals surface area contributed by atoms with Gasteiger partial charge in [-0.3, -0.25) is 4.79 Å². The minimum Gasteiger partial charge on any atom is -0.390 e. The molecule has 1 aromatic carbocycles. The second kappa shape index (κ2) is 8.32. The van der Waals surface area contributed by atoms with Crippen molar-refractivity contribution in [1.29, 1.82) is 0 Å². The van der Waals surface area contributed by atoms with Gasteiger partial charge in [-0.15, -0.1) is 0 Å². The number of benzene rings is 1. The van der Waals surface area contributed by atoms with Crippen LogP contribution >= 0.6 is 15.9 Å². The van der Waals surface area contributed by atoms with Crippen LogP contribution < -0.4 is 5.32 Å². The maximum Gasteiger partial charge on any atom is 0.492 e. The molecule has 13 heteroatoms. The molecule has 0 radical (unpaired) electrons. The minimum atomic E-state index is -3.52. The number of hydrogen-bond acceptors (Lipinski definition) is 7. The van der Waals surface area contributed by atoms with Crippen LogP contribution in [0.5, 0.6) is 0 Å². The molecule has 1 amide bonds. The number of rotatable bonds is 6. The number of amides is 1. The number of nitrogens with one attached hydrogen (secondary N) is 1. The van der Waals surface area contributed by atoms with Crippen LogP contribution in [-0.2, 0) is 20.4 Å². The monoisotopic (exact) mass is 578 g/mol. The van der Waals surface area contributed by atoms with E-state index in [-0.39, 0.29) is 10.8 Å². The Morgan fingerprint density at radius 1 is 1.11 bits per heavy atom. The number of carbonyl (C=O) groups is 1. The van der Waals surface area contributed by atoms with Crippen molar-refractivity contribution in [2.24, 2.45) is 17.3 Å². The van der Waals surface area contributed by atoms with Crippen LogP contribution in [0.25, 0.3) is 0 Å². The fourth-order valence-electron chi connectivity index (χ4n) is 7.44. The van der Waals surface area contributed by atoms with Crippen molar-refractivity contribution in [1.82, 2.24) is 19.1 Å². The maximum absolute atomic E-state index is 13.7. The molecule has 4 bridgehead atoms. The highest BCUT2D eigenvalue weighted by Crippen LogP contribution is 2.64. The number of nitrogens with zero attached hydrogens (tertiary/aromatic N) is 5. The van der Waals surface area contributed by atoms with Gasteiger partial charge in [0.15, 0.2) is 0 Å². The zero-order valence-electron chi connectivity index (χ0n) is 19.6. The summed E-state index contributed by atoms with van der Waals surface area (Å²) in [5, 5.41) is 18.5. The molecule has 2 aromatic rings. The minimum absolute atomic E-state index is 0.0816. The van der Waals surface area contributed by atoms with Crippen LogP contribution in [0.2, 0.25) is 0 Å². The predicted octanol–water partition coefficient (Wildman–Crippen LogP) is 3.67. The summed E-state index contributed by atoms with van der Waals surface area (Å²) in [6.07, 6.45) is 6.52. The highest BCUT2D eigenvalue weighted by molar-refractivity contribution is 9.10. The zero-order valence-corrected chi connectivity index (χ0v) is 22.0. The molecule has 4 atom stereocenters. The van der Waals surface area contributed by atoms with Crippen LogP contribution in [0, 0.1) is 27.4 Å². The van der Waals surface area contributed by atoms with E-state index in [0.717, 1.165) is 44.9 Å². The number of nitro groups is 1. The van der Waals surface area contributed by atoms with Crippen molar-refractivity contribution in [2.45, 2.75) is 61.8 Å². The molecule has 1 N–H and O–H groups in total. The summed E-state index contributed by atoms with van der Waals surface area (Å²) in [7, 11) is -3.52. The molecule has 11 nitrogen and oxygen atoms in total. The standard InChI is InChI=1S/C23H27BrN6O5S/c24-20-26-21(30(32)33)27-29(20)23-12-15-9-16(13-23)11-22(10-15,14-23)19(31)25-17-3-5-18(6-4-17)36(34,35)28-7-1-2-8-28/h3-6,15-16H,1-2,7-14H2,(H,25,31)/t15-,16+,22?,23?. The number of anilines is 1. The second-order valence-corrected chi connectivity index (χ2v) is 13.6. The maximum atomic E-state index is 13.7. The van der Waals surface area contributed by atoms with Crippen LogP contribution in [0.3, 0.4) is 0 Å². The van der Waals surface area contributed by atoms with E-state index < -0.39 is 31.8 Å². The first-order valence-corrected chi connectivity index (χ1v) is 14.5. The molecule has 4 saturated carbocycles. The molecule has 5 aliphatic rings. The Morgan fingerprint density at radius 2 is 1.75 bits per heavy atom. The summed E-state index contributed by atoms with van der Waals surface area (Å²) < 4.78 is 29.1. The molecule has 4 aliphatic carbocycles. The van der Waals surface area contributed by atoms with Crippen molar-refractivity contribution >= 4 is 43.5 Å². The summed E-state index contributed by atoms with van der Waals surface area (Å²) >= 11 is 3.36. The van der Waals surface area contributed by atoms with Gasteiger partial charge in [-0.2, -0.15) is 8.99 Å². The van der Waals surface area contributed by atoms with Gasteiger partial charge in [-0.1, -0.05) is 0 Å².